The van der Waals surface area contributed by atoms with E-state index < -0.39 is 11.9 Å². The normalized spacial score (nSPS) is 12.1. The lowest BCUT2D eigenvalue weighted by Crippen LogP contribution is -1.98. The Morgan fingerprint density at radius 2 is 2.38 bits per heavy atom. The van der Waals surface area contributed by atoms with Crippen LogP contribution in [0.25, 0.3) is 0 Å². The Hall–Kier alpha value is -1.40. The van der Waals surface area contributed by atoms with Gasteiger partial charge in [-0.2, -0.15) is 0 Å². The zero-order valence-corrected chi connectivity index (χ0v) is 7.07. The first-order chi connectivity index (χ1) is 6.24. The average Bonchev–Trinajstić information content (AvgIpc) is 2.14. The van der Waals surface area contributed by atoms with Gasteiger partial charge in [0.25, 0.3) is 0 Å². The zero-order chi connectivity index (χ0) is 9.68. The molecule has 68 valence electrons. The lowest BCUT2D eigenvalue weighted by molar-refractivity contribution is 0.168. The van der Waals surface area contributed by atoms with E-state index in [9.17, 15) is 9.50 Å². The predicted octanol–water partition coefficient (Wildman–Crippen LogP) is 1.67. The monoisotopic (exact) mass is 179 g/mol. The smallest absolute Gasteiger partial charge is 0.141 e. The van der Waals surface area contributed by atoms with Gasteiger partial charge in [-0.3, -0.25) is 4.98 Å². The fourth-order valence-corrected chi connectivity index (χ4v) is 0.997. The second kappa shape index (κ2) is 4.58. The second-order valence-corrected chi connectivity index (χ2v) is 2.70. The van der Waals surface area contributed by atoms with E-state index in [4.69, 9.17) is 6.42 Å². The summed E-state index contributed by atoms with van der Waals surface area (Å²) in [7, 11) is 0. The number of aliphatic hydroxyl groups excluding tert-OH is 1. The zero-order valence-electron chi connectivity index (χ0n) is 7.07. The molecule has 0 saturated heterocycles. The maximum absolute atomic E-state index is 12.6. The van der Waals surface area contributed by atoms with Crippen LogP contribution in [0, 0.1) is 18.2 Å². The van der Waals surface area contributed by atoms with Crippen molar-refractivity contribution in [2.45, 2.75) is 18.9 Å². The largest absolute Gasteiger partial charge is 0.388 e. The van der Waals surface area contributed by atoms with E-state index in [0.29, 0.717) is 18.4 Å². The van der Waals surface area contributed by atoms with E-state index in [0.717, 1.165) is 6.20 Å². The fourth-order valence-electron chi connectivity index (χ4n) is 0.997. The van der Waals surface area contributed by atoms with Crippen molar-refractivity contribution in [3.8, 4) is 12.3 Å². The van der Waals surface area contributed by atoms with Gasteiger partial charge in [0.1, 0.15) is 5.82 Å². The minimum absolute atomic E-state index is 0.432. The van der Waals surface area contributed by atoms with Crippen LogP contribution in [-0.4, -0.2) is 10.1 Å². The highest BCUT2D eigenvalue weighted by Crippen LogP contribution is 2.17. The minimum atomic E-state index is -0.723. The third-order valence-corrected chi connectivity index (χ3v) is 1.67. The molecule has 0 spiro atoms. The molecule has 0 aliphatic carbocycles. The van der Waals surface area contributed by atoms with E-state index >= 15 is 0 Å². The summed E-state index contributed by atoms with van der Waals surface area (Å²) in [6, 6.07) is 1.26. The summed E-state index contributed by atoms with van der Waals surface area (Å²) in [5.74, 6) is 1.96. The molecule has 0 radical (unpaired) electrons. The number of nitrogens with zero attached hydrogens (tertiary/aromatic N) is 1. The van der Waals surface area contributed by atoms with Crippen molar-refractivity contribution >= 4 is 0 Å². The molecule has 0 fully saturated rings. The van der Waals surface area contributed by atoms with Crippen molar-refractivity contribution in [3.05, 3.63) is 29.8 Å². The Morgan fingerprint density at radius 1 is 1.62 bits per heavy atom. The van der Waals surface area contributed by atoms with Gasteiger partial charge in [-0.25, -0.2) is 4.39 Å². The molecule has 3 heteroatoms. The van der Waals surface area contributed by atoms with Crippen LogP contribution in [0.1, 0.15) is 24.5 Å². The number of hydrogen-bond donors (Lipinski definition) is 1. The first-order valence-corrected chi connectivity index (χ1v) is 3.96. The number of pyridine rings is 1. The van der Waals surface area contributed by atoms with Gasteiger partial charge in [0, 0.05) is 18.2 Å². The molecule has 13 heavy (non-hydrogen) atoms. The van der Waals surface area contributed by atoms with Gasteiger partial charge in [-0.1, -0.05) is 0 Å². The maximum Gasteiger partial charge on any atom is 0.141 e. The number of halogens is 1. The summed E-state index contributed by atoms with van der Waals surface area (Å²) >= 11 is 0. The Morgan fingerprint density at radius 3 is 3.00 bits per heavy atom. The molecule has 2 nitrogen and oxygen atoms in total. The molecule has 1 unspecified atom stereocenters. The molecule has 0 aromatic carbocycles. The summed E-state index contributed by atoms with van der Waals surface area (Å²) in [5, 5.41) is 9.47. The molecule has 0 aliphatic heterocycles. The van der Waals surface area contributed by atoms with Gasteiger partial charge in [0.15, 0.2) is 0 Å². The highest BCUT2D eigenvalue weighted by atomic mass is 19.1. The van der Waals surface area contributed by atoms with E-state index in [1.165, 1.54) is 12.3 Å². The Labute approximate surface area is 76.4 Å². The topological polar surface area (TPSA) is 33.1 Å². The summed E-state index contributed by atoms with van der Waals surface area (Å²) in [6.45, 7) is 0. The van der Waals surface area contributed by atoms with Crippen LogP contribution >= 0.6 is 0 Å². The molecule has 1 aromatic heterocycles. The van der Waals surface area contributed by atoms with Crippen LogP contribution in [0.5, 0.6) is 0 Å². The van der Waals surface area contributed by atoms with Gasteiger partial charge in [0.2, 0.25) is 0 Å². The number of aliphatic hydroxyl groups is 1. The van der Waals surface area contributed by atoms with Crippen molar-refractivity contribution in [2.75, 3.05) is 0 Å². The van der Waals surface area contributed by atoms with Gasteiger partial charge in [-0.05, 0) is 12.5 Å². The minimum Gasteiger partial charge on any atom is -0.388 e. The van der Waals surface area contributed by atoms with E-state index in [1.54, 1.807) is 0 Å². The summed E-state index contributed by atoms with van der Waals surface area (Å²) in [4.78, 5) is 3.63. The van der Waals surface area contributed by atoms with Gasteiger partial charge < -0.3 is 5.11 Å². The first kappa shape index (κ1) is 9.69. The van der Waals surface area contributed by atoms with Crippen LogP contribution < -0.4 is 0 Å². The van der Waals surface area contributed by atoms with Crippen molar-refractivity contribution < 1.29 is 9.50 Å². The lowest BCUT2D eigenvalue weighted by Gasteiger charge is -2.07. The summed E-state index contributed by atoms with van der Waals surface area (Å²) in [5.41, 5.74) is 0.468. The van der Waals surface area contributed by atoms with Crippen molar-refractivity contribution in [2.24, 2.45) is 0 Å². The maximum atomic E-state index is 12.6. The molecule has 1 N–H and O–H groups in total. The number of aromatic nitrogens is 1. The van der Waals surface area contributed by atoms with Gasteiger partial charge in [-0.15, -0.1) is 12.3 Å². The Bertz CT molecular complexity index is 319. The van der Waals surface area contributed by atoms with Crippen LogP contribution in [0.15, 0.2) is 18.5 Å². The lowest BCUT2D eigenvalue weighted by atomic mass is 10.1. The molecule has 0 saturated carbocycles. The predicted molar refractivity (Wildman–Crippen MR) is 47.2 cm³/mol. The summed E-state index contributed by atoms with van der Waals surface area (Å²) < 4.78 is 12.6. The van der Waals surface area contributed by atoms with Gasteiger partial charge >= 0.3 is 0 Å². The summed E-state index contributed by atoms with van der Waals surface area (Å²) in [6.07, 6.45) is 7.74. The third kappa shape index (κ3) is 2.85. The quantitative estimate of drug-likeness (QED) is 0.716. The highest BCUT2D eigenvalue weighted by molar-refractivity contribution is 5.13. The second-order valence-electron chi connectivity index (χ2n) is 2.70. The highest BCUT2D eigenvalue weighted by Gasteiger charge is 2.07. The van der Waals surface area contributed by atoms with Crippen LogP contribution in [0.3, 0.4) is 0 Å². The van der Waals surface area contributed by atoms with E-state index in [-0.39, 0.29) is 0 Å². The van der Waals surface area contributed by atoms with Crippen LogP contribution in [0.4, 0.5) is 4.39 Å². The van der Waals surface area contributed by atoms with E-state index in [2.05, 4.69) is 10.9 Å². The standard InChI is InChI=1S/C10H10FNO/c1-2-3-4-10(13)8-5-9(11)7-12-6-8/h1,5-7,10,13H,3-4H2. The molecule has 1 aromatic rings. The molecule has 1 atom stereocenters. The SMILES string of the molecule is C#CCCC(O)c1cncc(F)c1. The van der Waals surface area contributed by atoms with Crippen molar-refractivity contribution in [3.63, 3.8) is 0 Å². The van der Waals surface area contributed by atoms with Crippen LogP contribution in [-0.2, 0) is 0 Å². The molecule has 1 heterocycles. The molecular weight excluding hydrogens is 169 g/mol. The number of rotatable bonds is 3. The van der Waals surface area contributed by atoms with Crippen molar-refractivity contribution in [1.82, 2.24) is 4.98 Å². The molecule has 1 rings (SSSR count). The first-order valence-electron chi connectivity index (χ1n) is 3.96. The Kier molecular flexibility index (Phi) is 3.41. The Balaban J connectivity index is 2.66. The van der Waals surface area contributed by atoms with Gasteiger partial charge in [0.05, 0.1) is 12.3 Å². The molecule has 0 aliphatic rings. The average molecular weight is 179 g/mol. The fraction of sp³-hybridized carbons (Fsp3) is 0.300. The number of terminal acetylenes is 1. The van der Waals surface area contributed by atoms with Crippen LogP contribution in [0.2, 0.25) is 0 Å². The molecular formula is C10H10FNO. The van der Waals surface area contributed by atoms with Crippen molar-refractivity contribution in [1.29, 1.82) is 0 Å². The number of hydrogen-bond acceptors (Lipinski definition) is 2. The molecule has 0 bridgehead atoms. The molecule has 0 amide bonds. The third-order valence-electron chi connectivity index (χ3n) is 1.67. The van der Waals surface area contributed by atoms with E-state index in [1.807, 2.05) is 0 Å².